The summed E-state index contributed by atoms with van der Waals surface area (Å²) in [4.78, 5) is 0. The van der Waals surface area contributed by atoms with Gasteiger partial charge in [0.25, 0.3) is 0 Å². The molecule has 0 saturated heterocycles. The zero-order chi connectivity index (χ0) is 12.7. The Kier molecular flexibility index (Phi) is 6.01. The number of hydrogen-bond acceptors (Lipinski definition) is 3. The van der Waals surface area contributed by atoms with Crippen LogP contribution in [0.25, 0.3) is 0 Å². The highest BCUT2D eigenvalue weighted by Gasteiger charge is 2.06. The molecule has 1 aromatic carbocycles. The molecule has 0 bridgehead atoms. The van der Waals surface area contributed by atoms with E-state index in [0.29, 0.717) is 6.61 Å². The first-order valence-corrected chi connectivity index (χ1v) is 6.16. The summed E-state index contributed by atoms with van der Waals surface area (Å²) in [5.41, 5.74) is 8.13. The monoisotopic (exact) mass is 237 g/mol. The van der Waals surface area contributed by atoms with Gasteiger partial charge in [0.1, 0.15) is 5.75 Å². The van der Waals surface area contributed by atoms with E-state index in [2.05, 4.69) is 19.1 Å². The third-order valence-electron chi connectivity index (χ3n) is 2.44. The zero-order valence-corrected chi connectivity index (χ0v) is 11.0. The van der Waals surface area contributed by atoms with E-state index in [1.165, 1.54) is 5.56 Å². The van der Waals surface area contributed by atoms with Crippen LogP contribution in [0, 0.1) is 0 Å². The molecular formula is C14H23NO2. The smallest absolute Gasteiger partial charge is 0.124 e. The molecule has 0 heterocycles. The van der Waals surface area contributed by atoms with Crippen molar-refractivity contribution in [3.8, 4) is 5.75 Å². The number of ether oxygens (including phenoxy) is 2. The molecule has 1 unspecified atom stereocenters. The summed E-state index contributed by atoms with van der Waals surface area (Å²) in [7, 11) is 1.70. The summed E-state index contributed by atoms with van der Waals surface area (Å²) in [6, 6.07) is 6.39. The molecule has 0 amide bonds. The Morgan fingerprint density at radius 2 is 2.12 bits per heavy atom. The molecule has 3 nitrogen and oxygen atoms in total. The van der Waals surface area contributed by atoms with Crippen molar-refractivity contribution in [2.24, 2.45) is 5.73 Å². The highest BCUT2D eigenvalue weighted by molar-refractivity contribution is 5.37. The van der Waals surface area contributed by atoms with Crippen LogP contribution in [0.4, 0.5) is 0 Å². The summed E-state index contributed by atoms with van der Waals surface area (Å²) in [6.45, 7) is 5.42. The van der Waals surface area contributed by atoms with Gasteiger partial charge in [-0.2, -0.15) is 0 Å². The molecule has 0 fully saturated rings. The van der Waals surface area contributed by atoms with Gasteiger partial charge in [0, 0.05) is 18.7 Å². The lowest BCUT2D eigenvalue weighted by molar-refractivity contribution is 0.179. The van der Waals surface area contributed by atoms with E-state index in [4.69, 9.17) is 15.2 Å². The van der Waals surface area contributed by atoms with Crippen molar-refractivity contribution in [1.82, 2.24) is 0 Å². The van der Waals surface area contributed by atoms with Gasteiger partial charge in [0.05, 0.1) is 13.2 Å². The molecular weight excluding hydrogens is 214 g/mol. The normalized spacial score (nSPS) is 12.5. The van der Waals surface area contributed by atoms with E-state index in [-0.39, 0.29) is 6.04 Å². The average molecular weight is 237 g/mol. The fourth-order valence-electron chi connectivity index (χ4n) is 1.75. The van der Waals surface area contributed by atoms with Gasteiger partial charge < -0.3 is 15.2 Å². The number of nitrogens with two attached hydrogens (primary N) is 1. The predicted octanol–water partition coefficient (Wildman–Crippen LogP) is 2.51. The molecule has 2 N–H and O–H groups in total. The highest BCUT2D eigenvalue weighted by atomic mass is 16.5. The van der Waals surface area contributed by atoms with E-state index >= 15 is 0 Å². The van der Waals surface area contributed by atoms with Gasteiger partial charge in [-0.1, -0.05) is 13.0 Å². The first-order chi connectivity index (χ1) is 8.17. The Morgan fingerprint density at radius 1 is 1.35 bits per heavy atom. The minimum Gasteiger partial charge on any atom is -0.493 e. The lowest BCUT2D eigenvalue weighted by atomic mass is 10.0. The van der Waals surface area contributed by atoms with Gasteiger partial charge >= 0.3 is 0 Å². The van der Waals surface area contributed by atoms with E-state index in [1.54, 1.807) is 7.11 Å². The molecule has 0 aliphatic carbocycles. The van der Waals surface area contributed by atoms with Crippen LogP contribution in [0.1, 0.15) is 31.4 Å². The van der Waals surface area contributed by atoms with Crippen molar-refractivity contribution in [2.45, 2.75) is 39.3 Å². The quantitative estimate of drug-likeness (QED) is 0.792. The summed E-state index contributed by atoms with van der Waals surface area (Å²) in [6.07, 6.45) is 1.89. The fraction of sp³-hybridized carbons (Fsp3) is 0.571. The largest absolute Gasteiger partial charge is 0.493 e. The van der Waals surface area contributed by atoms with E-state index in [1.807, 2.05) is 13.0 Å². The maximum Gasteiger partial charge on any atom is 0.124 e. The topological polar surface area (TPSA) is 44.5 Å². The van der Waals surface area contributed by atoms with E-state index in [9.17, 15) is 0 Å². The van der Waals surface area contributed by atoms with Crippen molar-refractivity contribution >= 4 is 0 Å². The molecule has 3 heteroatoms. The van der Waals surface area contributed by atoms with Crippen LogP contribution in [-0.4, -0.2) is 19.8 Å². The molecule has 96 valence electrons. The second kappa shape index (κ2) is 7.30. The molecule has 0 saturated carbocycles. The number of hydrogen-bond donors (Lipinski definition) is 1. The summed E-state index contributed by atoms with van der Waals surface area (Å²) >= 11 is 0. The SMILES string of the molecule is CCCOc1ccc(CC(C)N)cc1COC. The highest BCUT2D eigenvalue weighted by Crippen LogP contribution is 2.22. The Hall–Kier alpha value is -1.06. The Morgan fingerprint density at radius 3 is 2.71 bits per heavy atom. The van der Waals surface area contributed by atoms with Gasteiger partial charge in [-0.15, -0.1) is 0 Å². The minimum absolute atomic E-state index is 0.174. The van der Waals surface area contributed by atoms with Crippen LogP contribution in [0.5, 0.6) is 5.75 Å². The predicted molar refractivity (Wildman–Crippen MR) is 70.3 cm³/mol. The van der Waals surface area contributed by atoms with Crippen LogP contribution >= 0.6 is 0 Å². The minimum atomic E-state index is 0.174. The maximum absolute atomic E-state index is 5.80. The van der Waals surface area contributed by atoms with E-state index < -0.39 is 0 Å². The molecule has 1 rings (SSSR count). The average Bonchev–Trinajstić information content (AvgIpc) is 2.28. The zero-order valence-electron chi connectivity index (χ0n) is 11.0. The van der Waals surface area contributed by atoms with Crippen LogP contribution < -0.4 is 10.5 Å². The Labute approximate surface area is 104 Å². The van der Waals surface area contributed by atoms with Crippen molar-refractivity contribution in [2.75, 3.05) is 13.7 Å². The summed E-state index contributed by atoms with van der Waals surface area (Å²) in [5.74, 6) is 0.919. The first-order valence-electron chi connectivity index (χ1n) is 6.16. The Bertz CT molecular complexity index is 337. The second-order valence-corrected chi connectivity index (χ2v) is 4.40. The lowest BCUT2D eigenvalue weighted by Gasteiger charge is -2.13. The maximum atomic E-state index is 5.80. The van der Waals surface area contributed by atoms with E-state index in [0.717, 1.165) is 30.8 Å². The van der Waals surface area contributed by atoms with Crippen molar-refractivity contribution in [1.29, 1.82) is 0 Å². The standard InChI is InChI=1S/C14H23NO2/c1-4-7-17-14-6-5-12(8-11(2)15)9-13(14)10-16-3/h5-6,9,11H,4,7-8,10,15H2,1-3H3. The van der Waals surface area contributed by atoms with Gasteiger partial charge in [0.15, 0.2) is 0 Å². The summed E-state index contributed by atoms with van der Waals surface area (Å²) in [5, 5.41) is 0. The summed E-state index contributed by atoms with van der Waals surface area (Å²) < 4.78 is 10.9. The van der Waals surface area contributed by atoms with Gasteiger partial charge in [-0.25, -0.2) is 0 Å². The second-order valence-electron chi connectivity index (χ2n) is 4.40. The third kappa shape index (κ3) is 4.75. The van der Waals surface area contributed by atoms with Crippen LogP contribution in [0.2, 0.25) is 0 Å². The van der Waals surface area contributed by atoms with Crippen LogP contribution in [0.15, 0.2) is 18.2 Å². The number of benzene rings is 1. The molecule has 0 radical (unpaired) electrons. The number of rotatable bonds is 7. The fourth-order valence-corrected chi connectivity index (χ4v) is 1.75. The van der Waals surface area contributed by atoms with Crippen molar-refractivity contribution in [3.05, 3.63) is 29.3 Å². The number of methoxy groups -OCH3 is 1. The molecule has 0 aliphatic rings. The first kappa shape index (κ1) is 14.0. The third-order valence-corrected chi connectivity index (χ3v) is 2.44. The Balaban J connectivity index is 2.83. The van der Waals surface area contributed by atoms with Crippen LogP contribution in [0.3, 0.4) is 0 Å². The van der Waals surface area contributed by atoms with Gasteiger partial charge in [-0.3, -0.25) is 0 Å². The lowest BCUT2D eigenvalue weighted by Crippen LogP contribution is -2.17. The van der Waals surface area contributed by atoms with Gasteiger partial charge in [-0.05, 0) is 37.5 Å². The van der Waals surface area contributed by atoms with Crippen molar-refractivity contribution in [3.63, 3.8) is 0 Å². The molecule has 0 spiro atoms. The molecule has 1 aromatic rings. The van der Waals surface area contributed by atoms with Crippen LogP contribution in [-0.2, 0) is 17.8 Å². The molecule has 0 aliphatic heterocycles. The molecule has 1 atom stereocenters. The molecule has 0 aromatic heterocycles. The van der Waals surface area contributed by atoms with Crippen molar-refractivity contribution < 1.29 is 9.47 Å². The van der Waals surface area contributed by atoms with Gasteiger partial charge in [0.2, 0.25) is 0 Å². The molecule has 17 heavy (non-hydrogen) atoms.